The number of oxazole rings is 1. The number of amides is 2. The number of nitrogens with one attached hydrogen (secondary N) is 1. The Morgan fingerprint density at radius 2 is 1.64 bits per heavy atom. The first-order chi connectivity index (χ1) is 29.4. The number of aliphatic hydroxyl groups excluding tert-OH is 1. The summed E-state index contributed by atoms with van der Waals surface area (Å²) in [6, 6.07) is 24.5. The van der Waals surface area contributed by atoms with Crippen molar-refractivity contribution >= 4 is 35.0 Å². The van der Waals surface area contributed by atoms with Gasteiger partial charge < -0.3 is 38.7 Å². The Morgan fingerprint density at radius 1 is 0.902 bits per heavy atom. The quantitative estimate of drug-likeness (QED) is 0.123. The van der Waals surface area contributed by atoms with Gasteiger partial charge in [0.1, 0.15) is 42.3 Å². The van der Waals surface area contributed by atoms with Crippen molar-refractivity contribution in [3.63, 3.8) is 0 Å². The Bertz CT molecular complexity index is 2580. The average molecular weight is 864 g/mol. The summed E-state index contributed by atoms with van der Waals surface area (Å²) in [6.07, 6.45) is 1.86. The maximum absolute atomic E-state index is 14.2. The Labute approximate surface area is 363 Å². The van der Waals surface area contributed by atoms with E-state index in [1.54, 1.807) is 32.2 Å². The van der Waals surface area contributed by atoms with Crippen molar-refractivity contribution in [2.24, 2.45) is 0 Å². The van der Waals surface area contributed by atoms with E-state index in [1.165, 1.54) is 4.90 Å². The van der Waals surface area contributed by atoms with Crippen LogP contribution in [0, 0.1) is 27.7 Å². The van der Waals surface area contributed by atoms with E-state index in [9.17, 15) is 14.7 Å². The molecule has 8 rings (SSSR count). The summed E-state index contributed by atoms with van der Waals surface area (Å²) in [7, 11) is 0. The number of hydrogen-bond donors (Lipinski definition) is 2. The molecule has 4 aromatic carbocycles. The van der Waals surface area contributed by atoms with E-state index in [0.29, 0.717) is 57.7 Å². The Morgan fingerprint density at radius 3 is 2.36 bits per heavy atom. The van der Waals surface area contributed by atoms with Gasteiger partial charge in [0.05, 0.1) is 22.7 Å². The molecule has 0 spiro atoms. The summed E-state index contributed by atoms with van der Waals surface area (Å²) in [6.45, 7) is 7.62. The summed E-state index contributed by atoms with van der Waals surface area (Å²) in [4.78, 5) is 38.6. The van der Waals surface area contributed by atoms with Crippen LogP contribution in [0.25, 0.3) is 0 Å². The molecule has 0 unspecified atom stereocenters. The van der Waals surface area contributed by atoms with Gasteiger partial charge in [-0.15, -0.1) is 0 Å². The van der Waals surface area contributed by atoms with Crippen molar-refractivity contribution in [1.29, 1.82) is 0 Å². The molecule has 314 valence electrons. The van der Waals surface area contributed by atoms with Crippen molar-refractivity contribution in [2.45, 2.75) is 71.9 Å². The van der Waals surface area contributed by atoms with Gasteiger partial charge in [-0.3, -0.25) is 14.6 Å². The van der Waals surface area contributed by atoms with Gasteiger partial charge in [0.25, 0.3) is 5.91 Å². The molecular formula is C47H44Cl2N4O8. The van der Waals surface area contributed by atoms with Crippen LogP contribution >= 0.6 is 23.2 Å². The van der Waals surface area contributed by atoms with Gasteiger partial charge >= 0.3 is 0 Å². The van der Waals surface area contributed by atoms with Gasteiger partial charge in [0.2, 0.25) is 5.91 Å². The SMILES string of the molecule is Cc1nc(C(=O)N2Cc3cc4c(cc3C[C@H]2C(=O)N[C@H](CO)Cc2ccc(Oc3ccnc(C)c3C)cc2)OC[C@H](c2ccc(OCc3ccc(Cl)c(Cl)c3)cc2)O4)c(C)o1. The molecule has 6 aromatic rings. The van der Waals surface area contributed by atoms with Crippen LogP contribution < -0.4 is 24.3 Å². The van der Waals surface area contributed by atoms with Crippen molar-refractivity contribution in [3.8, 4) is 28.7 Å². The van der Waals surface area contributed by atoms with Gasteiger partial charge in [-0.1, -0.05) is 53.5 Å². The molecule has 0 saturated heterocycles. The standard InChI is InChI=1S/C47H44Cl2N4O8/c1-26-27(2)50-16-15-41(26)60-37-10-5-30(6-11-37)17-35(23-54)52-46(55)40-19-33-20-42-43(21-34(33)22-53(40)47(56)45-28(3)59-29(4)51-45)61-44(25-58-42)32-8-12-36(13-9-32)57-24-31-7-14-38(48)39(49)18-31/h5-16,18,20-21,35,40,44,54H,17,19,22-25H2,1-4H3,(H,52,55)/t35-,40-,44+/m0/s1. The van der Waals surface area contributed by atoms with Crippen molar-refractivity contribution < 1.29 is 38.1 Å². The zero-order valence-electron chi connectivity index (χ0n) is 34.0. The van der Waals surface area contributed by atoms with E-state index in [-0.39, 0.29) is 31.9 Å². The molecule has 2 aliphatic heterocycles. The van der Waals surface area contributed by atoms with E-state index in [2.05, 4.69) is 15.3 Å². The molecular weight excluding hydrogens is 819 g/mol. The molecule has 0 radical (unpaired) electrons. The van der Waals surface area contributed by atoms with Crippen LogP contribution in [0.5, 0.6) is 28.7 Å². The largest absolute Gasteiger partial charge is 0.489 e. The molecule has 0 bridgehead atoms. The number of fused-ring (bicyclic) bond motifs is 2. The maximum Gasteiger partial charge on any atom is 0.277 e. The Kier molecular flexibility index (Phi) is 12.2. The monoisotopic (exact) mass is 862 g/mol. The van der Waals surface area contributed by atoms with Crippen LogP contribution in [0.3, 0.4) is 0 Å². The fraction of sp³-hybridized carbons (Fsp3) is 0.277. The molecule has 0 saturated carbocycles. The van der Waals surface area contributed by atoms with E-state index < -0.39 is 30.0 Å². The number of aliphatic hydroxyl groups is 1. The normalized spacial score (nSPS) is 16.1. The van der Waals surface area contributed by atoms with Crippen LogP contribution in [0.15, 0.2) is 95.5 Å². The second-order valence-corrected chi connectivity index (χ2v) is 16.1. The molecule has 0 fully saturated rings. The second kappa shape index (κ2) is 17.9. The predicted octanol–water partition coefficient (Wildman–Crippen LogP) is 8.78. The minimum absolute atomic E-state index is 0.103. The summed E-state index contributed by atoms with van der Waals surface area (Å²) in [5, 5.41) is 14.4. The number of nitrogens with zero attached hydrogens (tertiary/aromatic N) is 3. The van der Waals surface area contributed by atoms with Crippen LogP contribution in [0.4, 0.5) is 0 Å². The first-order valence-electron chi connectivity index (χ1n) is 19.9. The third-order valence-corrected chi connectivity index (χ3v) is 11.7. The fourth-order valence-electron chi connectivity index (χ4n) is 7.49. The van der Waals surface area contributed by atoms with Crippen LogP contribution in [-0.4, -0.2) is 57.1 Å². The zero-order chi connectivity index (χ0) is 42.8. The zero-order valence-corrected chi connectivity index (χ0v) is 35.5. The average Bonchev–Trinajstić information content (AvgIpc) is 3.61. The highest BCUT2D eigenvalue weighted by molar-refractivity contribution is 6.42. The Balaban J connectivity index is 0.964. The van der Waals surface area contributed by atoms with E-state index >= 15 is 0 Å². The lowest BCUT2D eigenvalue weighted by Gasteiger charge is -2.37. The van der Waals surface area contributed by atoms with Crippen molar-refractivity contribution in [2.75, 3.05) is 13.2 Å². The number of ether oxygens (including phenoxy) is 4. The minimum atomic E-state index is -0.916. The summed E-state index contributed by atoms with van der Waals surface area (Å²) in [5.74, 6) is 3.00. The van der Waals surface area contributed by atoms with Gasteiger partial charge in [0.15, 0.2) is 29.2 Å². The van der Waals surface area contributed by atoms with Gasteiger partial charge in [-0.25, -0.2) is 4.98 Å². The third kappa shape index (κ3) is 9.31. The van der Waals surface area contributed by atoms with Gasteiger partial charge in [0, 0.05) is 37.3 Å². The first-order valence-corrected chi connectivity index (χ1v) is 20.6. The van der Waals surface area contributed by atoms with Gasteiger partial charge in [-0.05, 0) is 110 Å². The number of rotatable bonds is 12. The Hall–Kier alpha value is -6.08. The summed E-state index contributed by atoms with van der Waals surface area (Å²) >= 11 is 12.2. The lowest BCUT2D eigenvalue weighted by Crippen LogP contribution is -2.55. The molecule has 61 heavy (non-hydrogen) atoms. The molecule has 0 aliphatic carbocycles. The van der Waals surface area contributed by atoms with Crippen LogP contribution in [0.2, 0.25) is 10.0 Å². The second-order valence-electron chi connectivity index (χ2n) is 15.2. The van der Waals surface area contributed by atoms with E-state index in [4.69, 9.17) is 46.6 Å². The molecule has 2 amide bonds. The number of hydrogen-bond acceptors (Lipinski definition) is 10. The van der Waals surface area contributed by atoms with Crippen molar-refractivity contribution in [3.05, 3.63) is 158 Å². The molecule has 12 nitrogen and oxygen atoms in total. The topological polar surface area (TPSA) is 145 Å². The molecule has 3 atom stereocenters. The molecule has 2 aromatic heterocycles. The van der Waals surface area contributed by atoms with Crippen LogP contribution in [-0.2, 0) is 30.8 Å². The molecule has 14 heteroatoms. The number of aromatic nitrogens is 2. The van der Waals surface area contributed by atoms with Crippen molar-refractivity contribution in [1.82, 2.24) is 20.2 Å². The third-order valence-electron chi connectivity index (χ3n) is 11.0. The fourth-order valence-corrected chi connectivity index (χ4v) is 7.81. The number of carbonyl (C=O) groups excluding carboxylic acids is 2. The summed E-state index contributed by atoms with van der Waals surface area (Å²) < 4.78 is 30.4. The predicted molar refractivity (Wildman–Crippen MR) is 229 cm³/mol. The number of halogens is 2. The molecule has 4 heterocycles. The minimum Gasteiger partial charge on any atom is -0.489 e. The lowest BCUT2D eigenvalue weighted by molar-refractivity contribution is -0.127. The van der Waals surface area contributed by atoms with Gasteiger partial charge in [-0.2, -0.15) is 0 Å². The molecule has 2 aliphatic rings. The number of carbonyl (C=O) groups is 2. The van der Waals surface area contributed by atoms with E-state index in [1.807, 2.05) is 86.6 Å². The van der Waals surface area contributed by atoms with E-state index in [0.717, 1.165) is 44.8 Å². The number of benzene rings is 4. The number of aryl methyl sites for hydroxylation is 3. The molecule has 2 N–H and O–H groups in total. The highest BCUT2D eigenvalue weighted by Gasteiger charge is 2.39. The first kappa shape index (κ1) is 41.6. The highest BCUT2D eigenvalue weighted by atomic mass is 35.5. The highest BCUT2D eigenvalue weighted by Crippen LogP contribution is 2.41. The number of pyridine rings is 1. The maximum atomic E-state index is 14.2. The van der Waals surface area contributed by atoms with Crippen LogP contribution in [0.1, 0.15) is 67.3 Å². The lowest BCUT2D eigenvalue weighted by atomic mass is 9.91. The smallest absolute Gasteiger partial charge is 0.277 e. The summed E-state index contributed by atoms with van der Waals surface area (Å²) in [5.41, 5.74) is 6.32.